The number of amides is 1. The fraction of sp³-hybridized carbons (Fsp3) is 0.750. The van der Waals surface area contributed by atoms with E-state index in [0.29, 0.717) is 6.54 Å². The van der Waals surface area contributed by atoms with Gasteiger partial charge in [0.25, 0.3) is 0 Å². The van der Waals surface area contributed by atoms with Gasteiger partial charge in [0.15, 0.2) is 5.96 Å². The van der Waals surface area contributed by atoms with Gasteiger partial charge in [-0.1, -0.05) is 5.16 Å². The number of aromatic nitrogens is 1. The minimum absolute atomic E-state index is 0. The summed E-state index contributed by atoms with van der Waals surface area (Å²) in [7, 11) is 0. The number of hydrogen-bond donors (Lipinski definition) is 3. The highest BCUT2D eigenvalue weighted by Gasteiger charge is 2.24. The molecular formula is C20H38IN5O3. The summed E-state index contributed by atoms with van der Waals surface area (Å²) in [5.41, 5.74) is 1.07. The summed E-state index contributed by atoms with van der Waals surface area (Å²) in [5, 5.41) is 13.4. The number of halogens is 1. The predicted molar refractivity (Wildman–Crippen MR) is 127 cm³/mol. The standard InChI is InChI=1S/C20H37N5O3.HI/c1-9-21-17(22-12-10-11-16-14(2)25-28-15(16)3)23-13-20(7,8)24-18(26)27-19(4,5)6;/h9-13H2,1-8H3,(H,24,26)(H2,21,22,23);1H. The molecule has 0 fully saturated rings. The summed E-state index contributed by atoms with van der Waals surface area (Å²) in [6.45, 7) is 17.2. The number of carbonyl (C=O) groups excluding carboxylic acids is 1. The smallest absolute Gasteiger partial charge is 0.408 e. The van der Waals surface area contributed by atoms with E-state index >= 15 is 0 Å². The van der Waals surface area contributed by atoms with Crippen LogP contribution in [0.25, 0.3) is 0 Å². The van der Waals surface area contributed by atoms with Gasteiger partial charge in [-0.25, -0.2) is 4.79 Å². The normalized spacial score (nSPS) is 12.2. The Morgan fingerprint density at radius 3 is 2.34 bits per heavy atom. The van der Waals surface area contributed by atoms with Crippen molar-refractivity contribution in [2.75, 3.05) is 19.6 Å². The first-order valence-corrected chi connectivity index (χ1v) is 9.88. The number of nitrogens with zero attached hydrogens (tertiary/aromatic N) is 2. The lowest BCUT2D eigenvalue weighted by Crippen LogP contribution is -2.49. The number of alkyl carbamates (subject to hydrolysis) is 1. The first-order chi connectivity index (χ1) is 12.9. The Labute approximate surface area is 192 Å². The third-order valence-electron chi connectivity index (χ3n) is 3.89. The second-order valence-electron chi connectivity index (χ2n) is 8.54. The molecule has 3 N–H and O–H groups in total. The lowest BCUT2D eigenvalue weighted by molar-refractivity contribution is 0.0476. The van der Waals surface area contributed by atoms with Crippen LogP contribution in [0.1, 0.15) is 65.0 Å². The fourth-order valence-corrected chi connectivity index (χ4v) is 2.57. The predicted octanol–water partition coefficient (Wildman–Crippen LogP) is 3.70. The molecule has 0 radical (unpaired) electrons. The molecule has 0 aliphatic carbocycles. The van der Waals surface area contributed by atoms with Crippen molar-refractivity contribution < 1.29 is 14.1 Å². The molecule has 8 nitrogen and oxygen atoms in total. The number of aryl methyl sites for hydroxylation is 2. The average Bonchev–Trinajstić information content (AvgIpc) is 2.85. The first-order valence-electron chi connectivity index (χ1n) is 9.88. The Kier molecular flexibility index (Phi) is 11.6. The van der Waals surface area contributed by atoms with E-state index in [1.807, 2.05) is 55.4 Å². The third-order valence-corrected chi connectivity index (χ3v) is 3.89. The van der Waals surface area contributed by atoms with Crippen LogP contribution in [0.4, 0.5) is 4.79 Å². The van der Waals surface area contributed by atoms with Crippen molar-refractivity contribution in [2.45, 2.75) is 79.4 Å². The number of rotatable bonds is 8. The van der Waals surface area contributed by atoms with Crippen LogP contribution >= 0.6 is 24.0 Å². The summed E-state index contributed by atoms with van der Waals surface area (Å²) < 4.78 is 10.5. The van der Waals surface area contributed by atoms with Gasteiger partial charge in [-0.3, -0.25) is 4.99 Å². The van der Waals surface area contributed by atoms with Crippen LogP contribution in [0.2, 0.25) is 0 Å². The van der Waals surface area contributed by atoms with E-state index in [1.54, 1.807) is 0 Å². The molecule has 0 saturated carbocycles. The molecule has 0 atom stereocenters. The van der Waals surface area contributed by atoms with Gasteiger partial charge < -0.3 is 25.2 Å². The van der Waals surface area contributed by atoms with Crippen molar-refractivity contribution in [2.24, 2.45) is 4.99 Å². The zero-order chi connectivity index (χ0) is 21.4. The Bertz CT molecular complexity index is 646. The van der Waals surface area contributed by atoms with Gasteiger partial charge in [-0.2, -0.15) is 0 Å². The molecule has 0 aliphatic rings. The molecule has 0 bridgehead atoms. The molecule has 1 heterocycles. The molecule has 29 heavy (non-hydrogen) atoms. The van der Waals surface area contributed by atoms with Crippen LogP contribution in [0.3, 0.4) is 0 Å². The van der Waals surface area contributed by atoms with E-state index in [2.05, 4.69) is 26.1 Å². The van der Waals surface area contributed by atoms with Crippen LogP contribution in [-0.2, 0) is 11.2 Å². The Balaban J connectivity index is 0.00000784. The third kappa shape index (κ3) is 11.3. The highest BCUT2D eigenvalue weighted by Crippen LogP contribution is 2.14. The highest BCUT2D eigenvalue weighted by atomic mass is 127. The van der Waals surface area contributed by atoms with Crippen LogP contribution in [-0.4, -0.2) is 48.0 Å². The lowest BCUT2D eigenvalue weighted by atomic mass is 10.1. The topological polar surface area (TPSA) is 101 Å². The summed E-state index contributed by atoms with van der Waals surface area (Å²) in [4.78, 5) is 16.6. The summed E-state index contributed by atoms with van der Waals surface area (Å²) in [6, 6.07) is 0. The van der Waals surface area contributed by atoms with E-state index in [-0.39, 0.29) is 24.0 Å². The van der Waals surface area contributed by atoms with Crippen molar-refractivity contribution in [1.29, 1.82) is 0 Å². The number of nitrogens with one attached hydrogen (secondary N) is 3. The number of aliphatic imine (C=N–C) groups is 1. The van der Waals surface area contributed by atoms with E-state index < -0.39 is 17.2 Å². The molecule has 168 valence electrons. The quantitative estimate of drug-likeness (QED) is 0.208. The molecule has 0 unspecified atom stereocenters. The maximum Gasteiger partial charge on any atom is 0.408 e. The van der Waals surface area contributed by atoms with Gasteiger partial charge in [-0.05, 0) is 68.2 Å². The minimum atomic E-state index is -0.527. The van der Waals surface area contributed by atoms with Gasteiger partial charge >= 0.3 is 6.09 Å². The minimum Gasteiger partial charge on any atom is -0.444 e. The highest BCUT2D eigenvalue weighted by molar-refractivity contribution is 14.0. The second kappa shape index (κ2) is 12.2. The van der Waals surface area contributed by atoms with Gasteiger partial charge in [0.1, 0.15) is 11.4 Å². The number of guanidine groups is 1. The van der Waals surface area contributed by atoms with Crippen molar-refractivity contribution in [3.05, 3.63) is 17.0 Å². The molecule has 0 spiro atoms. The second-order valence-corrected chi connectivity index (χ2v) is 8.54. The van der Waals surface area contributed by atoms with Crippen LogP contribution in [0.15, 0.2) is 9.52 Å². The molecule has 1 aromatic heterocycles. The maximum atomic E-state index is 12.0. The maximum absolute atomic E-state index is 12.0. The van der Waals surface area contributed by atoms with Crippen molar-refractivity contribution in [3.8, 4) is 0 Å². The Morgan fingerprint density at radius 2 is 1.83 bits per heavy atom. The number of ether oxygens (including phenoxy) is 1. The van der Waals surface area contributed by atoms with Crippen molar-refractivity contribution in [3.63, 3.8) is 0 Å². The Morgan fingerprint density at radius 1 is 1.17 bits per heavy atom. The first kappa shape index (κ1) is 27.5. The molecule has 1 amide bonds. The summed E-state index contributed by atoms with van der Waals surface area (Å²) in [6.07, 6.45) is 1.40. The molecule has 0 aliphatic heterocycles. The largest absolute Gasteiger partial charge is 0.444 e. The summed E-state index contributed by atoms with van der Waals surface area (Å²) >= 11 is 0. The molecule has 1 aromatic rings. The van der Waals surface area contributed by atoms with Gasteiger partial charge in [0.05, 0.1) is 17.8 Å². The summed E-state index contributed by atoms with van der Waals surface area (Å²) in [5.74, 6) is 1.60. The number of hydrogen-bond acceptors (Lipinski definition) is 5. The van der Waals surface area contributed by atoms with E-state index in [9.17, 15) is 4.79 Å². The lowest BCUT2D eigenvalue weighted by Gasteiger charge is -2.27. The number of carbonyl (C=O) groups is 1. The molecule has 9 heteroatoms. The average molecular weight is 523 g/mol. The fourth-order valence-electron chi connectivity index (χ4n) is 2.57. The molecule has 0 saturated heterocycles. The Hall–Kier alpha value is -1.52. The van der Waals surface area contributed by atoms with Crippen LogP contribution in [0.5, 0.6) is 0 Å². The molecule has 1 rings (SSSR count). The SMILES string of the molecule is CCNC(=NCC(C)(C)NC(=O)OC(C)(C)C)NCCCc1c(C)noc1C.I. The van der Waals surface area contributed by atoms with Gasteiger partial charge in [-0.15, -0.1) is 24.0 Å². The molecule has 0 aromatic carbocycles. The monoisotopic (exact) mass is 523 g/mol. The van der Waals surface area contributed by atoms with E-state index in [1.165, 1.54) is 5.56 Å². The van der Waals surface area contributed by atoms with E-state index in [4.69, 9.17) is 9.26 Å². The van der Waals surface area contributed by atoms with Crippen LogP contribution < -0.4 is 16.0 Å². The zero-order valence-electron chi connectivity index (χ0n) is 19.1. The van der Waals surface area contributed by atoms with E-state index in [0.717, 1.165) is 43.3 Å². The van der Waals surface area contributed by atoms with Crippen molar-refractivity contribution >= 4 is 36.0 Å². The van der Waals surface area contributed by atoms with Crippen LogP contribution in [0, 0.1) is 13.8 Å². The molecular weight excluding hydrogens is 485 g/mol. The van der Waals surface area contributed by atoms with Crippen molar-refractivity contribution in [1.82, 2.24) is 21.1 Å². The zero-order valence-corrected chi connectivity index (χ0v) is 21.4. The van der Waals surface area contributed by atoms with Gasteiger partial charge in [0.2, 0.25) is 0 Å². The van der Waals surface area contributed by atoms with Gasteiger partial charge in [0, 0.05) is 18.7 Å².